The third kappa shape index (κ3) is 2.49. The molecule has 0 aliphatic carbocycles. The summed E-state index contributed by atoms with van der Waals surface area (Å²) < 4.78 is 0. The lowest BCUT2D eigenvalue weighted by molar-refractivity contribution is 1.16. The van der Waals surface area contributed by atoms with E-state index in [2.05, 4.69) is 15.0 Å². The highest BCUT2D eigenvalue weighted by Gasteiger charge is 2.08. The number of hydrogen-bond acceptors (Lipinski definition) is 4. The summed E-state index contributed by atoms with van der Waals surface area (Å²) in [5.74, 6) is 0.352. The summed E-state index contributed by atoms with van der Waals surface area (Å²) in [6.45, 7) is 0. The van der Waals surface area contributed by atoms with Crippen molar-refractivity contribution in [1.82, 2.24) is 15.0 Å². The summed E-state index contributed by atoms with van der Waals surface area (Å²) >= 11 is 13.6. The predicted octanol–water partition coefficient (Wildman–Crippen LogP) is 4.00. The van der Waals surface area contributed by atoms with Gasteiger partial charge in [0.15, 0.2) is 11.6 Å². The zero-order valence-corrected chi connectivity index (χ0v) is 11.9. The summed E-state index contributed by atoms with van der Waals surface area (Å²) in [7, 11) is 0. The van der Waals surface area contributed by atoms with E-state index in [-0.39, 0.29) is 0 Å². The van der Waals surface area contributed by atoms with Gasteiger partial charge in [0.25, 0.3) is 0 Å². The molecule has 0 spiro atoms. The average molecular weight is 311 g/mol. The molecule has 0 radical (unpaired) electrons. The molecular formula is C12H8Cl2N4S. The second-order valence-electron chi connectivity index (χ2n) is 3.80. The molecule has 0 amide bonds. The number of nitrogens with zero attached hydrogens (tertiary/aromatic N) is 2. The fourth-order valence-corrected chi connectivity index (χ4v) is 2.94. The van der Waals surface area contributed by atoms with Gasteiger partial charge in [-0.2, -0.15) is 4.98 Å². The highest BCUT2D eigenvalue weighted by molar-refractivity contribution is 7.99. The molecule has 1 aromatic carbocycles. The van der Waals surface area contributed by atoms with E-state index in [1.165, 1.54) is 11.8 Å². The number of H-pyrrole nitrogens is 1. The summed E-state index contributed by atoms with van der Waals surface area (Å²) in [6.07, 6.45) is 0. The van der Waals surface area contributed by atoms with Gasteiger partial charge in [0, 0.05) is 4.90 Å². The summed E-state index contributed by atoms with van der Waals surface area (Å²) in [5.41, 5.74) is 6.97. The minimum atomic E-state index is 0.352. The van der Waals surface area contributed by atoms with Crippen LogP contribution in [0.5, 0.6) is 0 Å². The van der Waals surface area contributed by atoms with Gasteiger partial charge in [0.05, 0.1) is 15.6 Å². The molecule has 4 nitrogen and oxygen atoms in total. The van der Waals surface area contributed by atoms with Gasteiger partial charge >= 0.3 is 0 Å². The molecule has 96 valence electrons. The standard InChI is InChI=1S/C12H8Cl2N4S/c13-6-2-1-3-8(10(6)14)19-9-5-4-7-11(17-9)18-12(15)16-7/h1-5H,(H3,15,16,17,18). The second kappa shape index (κ2) is 4.92. The van der Waals surface area contributed by atoms with Crippen molar-refractivity contribution in [3.05, 3.63) is 40.4 Å². The van der Waals surface area contributed by atoms with E-state index < -0.39 is 0 Å². The number of fused-ring (bicyclic) bond motifs is 1. The van der Waals surface area contributed by atoms with Crippen LogP contribution in [0.15, 0.2) is 40.3 Å². The topological polar surface area (TPSA) is 67.6 Å². The van der Waals surface area contributed by atoms with E-state index in [9.17, 15) is 0 Å². The summed E-state index contributed by atoms with van der Waals surface area (Å²) in [6, 6.07) is 9.25. The number of nitrogen functional groups attached to an aromatic ring is 1. The van der Waals surface area contributed by atoms with Gasteiger partial charge in [-0.3, -0.25) is 0 Å². The number of anilines is 1. The molecule has 0 aliphatic rings. The Hall–Kier alpha value is -1.43. The minimum Gasteiger partial charge on any atom is -0.369 e. The highest BCUT2D eigenvalue weighted by Crippen LogP contribution is 2.36. The van der Waals surface area contributed by atoms with Gasteiger partial charge in [0.1, 0.15) is 5.03 Å². The molecule has 0 saturated carbocycles. The van der Waals surface area contributed by atoms with Gasteiger partial charge in [-0.15, -0.1) is 0 Å². The van der Waals surface area contributed by atoms with E-state index in [1.54, 1.807) is 6.07 Å². The van der Waals surface area contributed by atoms with Crippen molar-refractivity contribution in [2.24, 2.45) is 0 Å². The van der Waals surface area contributed by atoms with Crippen molar-refractivity contribution in [3.63, 3.8) is 0 Å². The Morgan fingerprint density at radius 2 is 1.95 bits per heavy atom. The van der Waals surface area contributed by atoms with Crippen LogP contribution in [0.2, 0.25) is 10.0 Å². The number of halogens is 2. The Balaban J connectivity index is 1.98. The van der Waals surface area contributed by atoms with Crippen molar-refractivity contribution in [2.45, 2.75) is 9.92 Å². The van der Waals surface area contributed by atoms with Crippen molar-refractivity contribution in [3.8, 4) is 0 Å². The quantitative estimate of drug-likeness (QED) is 0.750. The van der Waals surface area contributed by atoms with Crippen molar-refractivity contribution in [1.29, 1.82) is 0 Å². The SMILES string of the molecule is Nc1nc2nc(Sc3cccc(Cl)c3Cl)ccc2[nH]1. The van der Waals surface area contributed by atoms with Crippen LogP contribution in [0.3, 0.4) is 0 Å². The van der Waals surface area contributed by atoms with Gasteiger partial charge in [-0.25, -0.2) is 4.98 Å². The van der Waals surface area contributed by atoms with E-state index in [0.29, 0.717) is 21.6 Å². The van der Waals surface area contributed by atoms with Gasteiger partial charge in [-0.05, 0) is 24.3 Å². The molecule has 2 heterocycles. The van der Waals surface area contributed by atoms with E-state index >= 15 is 0 Å². The Morgan fingerprint density at radius 3 is 2.79 bits per heavy atom. The van der Waals surface area contributed by atoms with E-state index in [4.69, 9.17) is 28.9 Å². The van der Waals surface area contributed by atoms with E-state index in [1.807, 2.05) is 24.3 Å². The van der Waals surface area contributed by atoms with Crippen molar-refractivity contribution >= 4 is 52.1 Å². The average Bonchev–Trinajstić information content (AvgIpc) is 2.74. The number of aromatic amines is 1. The summed E-state index contributed by atoms with van der Waals surface area (Å²) in [4.78, 5) is 12.3. The van der Waals surface area contributed by atoms with Crippen molar-refractivity contribution in [2.75, 3.05) is 5.73 Å². The molecule has 3 N–H and O–H groups in total. The van der Waals surface area contributed by atoms with Crippen LogP contribution in [0.1, 0.15) is 0 Å². The molecule has 0 fully saturated rings. The third-order valence-electron chi connectivity index (χ3n) is 2.47. The highest BCUT2D eigenvalue weighted by atomic mass is 35.5. The lowest BCUT2D eigenvalue weighted by atomic mass is 10.4. The molecule has 0 saturated heterocycles. The van der Waals surface area contributed by atoms with Crippen LogP contribution in [0.4, 0.5) is 5.95 Å². The lowest BCUT2D eigenvalue weighted by Gasteiger charge is -2.04. The van der Waals surface area contributed by atoms with Crippen LogP contribution in [0.25, 0.3) is 11.2 Å². The maximum atomic E-state index is 6.14. The molecule has 2 aromatic heterocycles. The lowest BCUT2D eigenvalue weighted by Crippen LogP contribution is -1.85. The first kappa shape index (κ1) is 12.6. The number of rotatable bonds is 2. The number of benzene rings is 1. The van der Waals surface area contributed by atoms with Gasteiger partial charge in [0.2, 0.25) is 0 Å². The van der Waals surface area contributed by atoms with Gasteiger partial charge in [-0.1, -0.05) is 41.0 Å². The maximum absolute atomic E-state index is 6.14. The predicted molar refractivity (Wildman–Crippen MR) is 78.9 cm³/mol. The van der Waals surface area contributed by atoms with Crippen LogP contribution >= 0.6 is 35.0 Å². The Bertz CT molecular complexity index is 757. The first-order valence-corrected chi connectivity index (χ1v) is 6.95. The molecule has 0 bridgehead atoms. The Kier molecular flexibility index (Phi) is 3.26. The number of aromatic nitrogens is 3. The molecule has 7 heteroatoms. The largest absolute Gasteiger partial charge is 0.369 e. The van der Waals surface area contributed by atoms with Crippen LogP contribution in [-0.4, -0.2) is 15.0 Å². The van der Waals surface area contributed by atoms with Crippen molar-refractivity contribution < 1.29 is 0 Å². The molecule has 19 heavy (non-hydrogen) atoms. The van der Waals surface area contributed by atoms with Crippen LogP contribution < -0.4 is 5.73 Å². The molecule has 3 rings (SSSR count). The Labute approximate surface area is 123 Å². The zero-order chi connectivity index (χ0) is 13.4. The second-order valence-corrected chi connectivity index (χ2v) is 5.64. The number of nitrogens with one attached hydrogen (secondary N) is 1. The van der Waals surface area contributed by atoms with Crippen LogP contribution in [0, 0.1) is 0 Å². The normalized spacial score (nSPS) is 11.1. The fourth-order valence-electron chi connectivity index (χ4n) is 1.63. The molecular weight excluding hydrogens is 303 g/mol. The van der Waals surface area contributed by atoms with Gasteiger partial charge < -0.3 is 10.7 Å². The first-order valence-electron chi connectivity index (χ1n) is 5.37. The number of imidazole rings is 1. The Morgan fingerprint density at radius 1 is 1.11 bits per heavy atom. The fraction of sp³-hybridized carbons (Fsp3) is 0. The smallest absolute Gasteiger partial charge is 0.200 e. The first-order chi connectivity index (χ1) is 9.13. The van der Waals surface area contributed by atoms with E-state index in [0.717, 1.165) is 15.4 Å². The minimum absolute atomic E-state index is 0.352. The zero-order valence-electron chi connectivity index (χ0n) is 9.52. The molecule has 0 atom stereocenters. The molecule has 0 aliphatic heterocycles. The number of nitrogens with two attached hydrogens (primary N) is 1. The molecule has 0 unspecified atom stereocenters. The molecule has 3 aromatic rings. The number of pyridine rings is 1. The maximum Gasteiger partial charge on any atom is 0.200 e. The monoisotopic (exact) mass is 310 g/mol. The third-order valence-corrected chi connectivity index (χ3v) is 4.40. The number of hydrogen-bond donors (Lipinski definition) is 2. The summed E-state index contributed by atoms with van der Waals surface area (Å²) in [5, 5.41) is 1.83. The van der Waals surface area contributed by atoms with Crippen LogP contribution in [-0.2, 0) is 0 Å².